The van der Waals surface area contributed by atoms with Gasteiger partial charge in [-0.25, -0.2) is 0 Å². The van der Waals surface area contributed by atoms with E-state index in [2.05, 4.69) is 4.90 Å². The monoisotopic (exact) mass is 266 g/mol. The molecule has 0 spiro atoms. The highest BCUT2D eigenvalue weighted by Crippen LogP contribution is 2.46. The highest BCUT2D eigenvalue weighted by atomic mass is 16.5. The second kappa shape index (κ2) is 5.80. The van der Waals surface area contributed by atoms with Gasteiger partial charge >= 0.3 is 0 Å². The molecule has 0 unspecified atom stereocenters. The van der Waals surface area contributed by atoms with E-state index in [-0.39, 0.29) is 5.91 Å². The number of carbonyl (C=O) groups is 1. The maximum atomic E-state index is 11.9. The number of ether oxygens (including phenoxy) is 1. The molecule has 0 aromatic carbocycles. The van der Waals surface area contributed by atoms with Crippen LogP contribution in [-0.4, -0.2) is 61.6 Å². The fourth-order valence-electron chi connectivity index (χ4n) is 4.31. The molecule has 3 atom stereocenters. The molecule has 2 bridgehead atoms. The summed E-state index contributed by atoms with van der Waals surface area (Å²) in [5.41, 5.74) is 0. The average Bonchev–Trinajstić information content (AvgIpc) is 3.07. The van der Waals surface area contributed by atoms with Gasteiger partial charge in [0.15, 0.2) is 0 Å². The van der Waals surface area contributed by atoms with Gasteiger partial charge in [-0.3, -0.25) is 9.69 Å². The van der Waals surface area contributed by atoms with Crippen LogP contribution in [0.1, 0.15) is 32.1 Å². The van der Waals surface area contributed by atoms with Crippen molar-refractivity contribution in [3.8, 4) is 0 Å². The van der Waals surface area contributed by atoms with Crippen LogP contribution in [0.3, 0.4) is 0 Å². The third-order valence-corrected chi connectivity index (χ3v) is 5.36. The van der Waals surface area contributed by atoms with E-state index >= 15 is 0 Å². The summed E-state index contributed by atoms with van der Waals surface area (Å²) in [6.45, 7) is 4.53. The molecule has 3 aliphatic rings. The van der Waals surface area contributed by atoms with Gasteiger partial charge in [-0.15, -0.1) is 0 Å². The predicted octanol–water partition coefficient (Wildman–Crippen LogP) is 1.36. The summed E-state index contributed by atoms with van der Waals surface area (Å²) in [6, 6.07) is 0.829. The SMILES string of the molecule is COCCC(=O)N1CCN([C@H]2C[C@H]3CC[C@H]2C3)CC1. The molecule has 0 radical (unpaired) electrons. The van der Waals surface area contributed by atoms with Gasteiger partial charge in [0.2, 0.25) is 5.91 Å². The van der Waals surface area contributed by atoms with E-state index in [9.17, 15) is 4.79 Å². The number of hydrogen-bond donors (Lipinski definition) is 0. The van der Waals surface area contributed by atoms with Gasteiger partial charge in [-0.2, -0.15) is 0 Å². The van der Waals surface area contributed by atoms with Crippen LogP contribution in [0, 0.1) is 11.8 Å². The molecule has 1 aliphatic heterocycles. The minimum atomic E-state index is 0.259. The lowest BCUT2D eigenvalue weighted by Crippen LogP contribution is -2.53. The standard InChI is InChI=1S/C15H26N2O2/c1-19-9-4-15(18)17-7-5-16(6-8-17)14-11-12-2-3-13(14)10-12/h12-14H,2-11H2,1H3/t12-,13-,14-/m0/s1. The van der Waals surface area contributed by atoms with Crippen molar-refractivity contribution in [3.63, 3.8) is 0 Å². The number of fused-ring (bicyclic) bond motifs is 2. The van der Waals surface area contributed by atoms with Crippen LogP contribution in [-0.2, 0) is 9.53 Å². The number of nitrogens with zero attached hydrogens (tertiary/aromatic N) is 2. The molecule has 2 aliphatic carbocycles. The van der Waals surface area contributed by atoms with Crippen molar-refractivity contribution in [2.24, 2.45) is 11.8 Å². The molecule has 1 saturated heterocycles. The summed E-state index contributed by atoms with van der Waals surface area (Å²) >= 11 is 0. The quantitative estimate of drug-likeness (QED) is 0.770. The third kappa shape index (κ3) is 2.79. The Morgan fingerprint density at radius 2 is 1.95 bits per heavy atom. The highest BCUT2D eigenvalue weighted by molar-refractivity contribution is 5.76. The van der Waals surface area contributed by atoms with E-state index in [0.717, 1.165) is 44.1 Å². The van der Waals surface area contributed by atoms with Crippen molar-refractivity contribution in [3.05, 3.63) is 0 Å². The van der Waals surface area contributed by atoms with Crippen molar-refractivity contribution >= 4 is 5.91 Å². The van der Waals surface area contributed by atoms with Crippen LogP contribution < -0.4 is 0 Å². The number of hydrogen-bond acceptors (Lipinski definition) is 3. The van der Waals surface area contributed by atoms with Crippen LogP contribution in [0.5, 0.6) is 0 Å². The Bertz CT molecular complexity index is 326. The van der Waals surface area contributed by atoms with Crippen LogP contribution >= 0.6 is 0 Å². The number of carbonyl (C=O) groups excluding carboxylic acids is 1. The summed E-state index contributed by atoms with van der Waals surface area (Å²) in [5.74, 6) is 2.23. The fourth-order valence-corrected chi connectivity index (χ4v) is 4.31. The number of methoxy groups -OCH3 is 1. The van der Waals surface area contributed by atoms with Gasteiger partial charge < -0.3 is 9.64 Å². The minimum Gasteiger partial charge on any atom is -0.384 e. The van der Waals surface area contributed by atoms with Crippen LogP contribution in [0.2, 0.25) is 0 Å². The Labute approximate surface area is 116 Å². The van der Waals surface area contributed by atoms with E-state index in [1.54, 1.807) is 7.11 Å². The first-order chi connectivity index (χ1) is 9.28. The summed E-state index contributed by atoms with van der Waals surface area (Å²) in [4.78, 5) is 16.6. The number of amides is 1. The number of piperazine rings is 1. The number of rotatable bonds is 4. The Kier molecular flexibility index (Phi) is 4.08. The molecule has 3 rings (SSSR count). The Morgan fingerprint density at radius 3 is 2.53 bits per heavy atom. The predicted molar refractivity (Wildman–Crippen MR) is 73.9 cm³/mol. The van der Waals surface area contributed by atoms with Gasteiger partial charge in [0.25, 0.3) is 0 Å². The first-order valence-electron chi connectivity index (χ1n) is 7.78. The highest BCUT2D eigenvalue weighted by Gasteiger charge is 2.42. The smallest absolute Gasteiger partial charge is 0.224 e. The van der Waals surface area contributed by atoms with Crippen molar-refractivity contribution < 1.29 is 9.53 Å². The largest absolute Gasteiger partial charge is 0.384 e. The van der Waals surface area contributed by atoms with Gasteiger partial charge in [0.1, 0.15) is 0 Å². The molecular weight excluding hydrogens is 240 g/mol. The van der Waals surface area contributed by atoms with E-state index in [4.69, 9.17) is 4.74 Å². The van der Waals surface area contributed by atoms with Gasteiger partial charge in [0.05, 0.1) is 13.0 Å². The lowest BCUT2D eigenvalue weighted by molar-refractivity contribution is -0.134. The Hall–Kier alpha value is -0.610. The summed E-state index contributed by atoms with van der Waals surface area (Å²) < 4.78 is 4.98. The summed E-state index contributed by atoms with van der Waals surface area (Å²) in [5, 5.41) is 0. The lowest BCUT2D eigenvalue weighted by Gasteiger charge is -2.41. The second-order valence-corrected chi connectivity index (χ2v) is 6.40. The topological polar surface area (TPSA) is 32.8 Å². The lowest BCUT2D eigenvalue weighted by atomic mass is 9.93. The molecule has 19 heavy (non-hydrogen) atoms. The van der Waals surface area contributed by atoms with Gasteiger partial charge in [-0.05, 0) is 31.1 Å². The second-order valence-electron chi connectivity index (χ2n) is 6.40. The van der Waals surface area contributed by atoms with Crippen molar-refractivity contribution in [1.82, 2.24) is 9.80 Å². The van der Waals surface area contributed by atoms with E-state index < -0.39 is 0 Å². The molecule has 4 heteroatoms. The van der Waals surface area contributed by atoms with E-state index in [0.29, 0.717) is 13.0 Å². The van der Waals surface area contributed by atoms with Crippen LogP contribution in [0.15, 0.2) is 0 Å². The molecular formula is C15H26N2O2. The Morgan fingerprint density at radius 1 is 1.16 bits per heavy atom. The van der Waals surface area contributed by atoms with Gasteiger partial charge in [0, 0.05) is 39.3 Å². The minimum absolute atomic E-state index is 0.259. The van der Waals surface area contributed by atoms with Crippen molar-refractivity contribution in [1.29, 1.82) is 0 Å². The maximum Gasteiger partial charge on any atom is 0.224 e. The van der Waals surface area contributed by atoms with E-state index in [1.165, 1.54) is 25.7 Å². The molecule has 1 amide bonds. The van der Waals surface area contributed by atoms with Crippen LogP contribution in [0.25, 0.3) is 0 Å². The molecule has 1 heterocycles. The molecule has 0 N–H and O–H groups in total. The van der Waals surface area contributed by atoms with Crippen molar-refractivity contribution in [2.45, 2.75) is 38.1 Å². The van der Waals surface area contributed by atoms with E-state index in [1.807, 2.05) is 4.90 Å². The molecule has 2 saturated carbocycles. The zero-order chi connectivity index (χ0) is 13.2. The molecule has 0 aromatic rings. The van der Waals surface area contributed by atoms with Crippen molar-refractivity contribution in [2.75, 3.05) is 39.9 Å². The molecule has 4 nitrogen and oxygen atoms in total. The third-order valence-electron chi connectivity index (χ3n) is 5.36. The maximum absolute atomic E-state index is 11.9. The Balaban J connectivity index is 1.46. The van der Waals surface area contributed by atoms with Crippen LogP contribution in [0.4, 0.5) is 0 Å². The fraction of sp³-hybridized carbons (Fsp3) is 0.933. The normalized spacial score (nSPS) is 35.0. The summed E-state index contributed by atoms with van der Waals surface area (Å²) in [7, 11) is 1.65. The first kappa shape index (κ1) is 13.4. The summed E-state index contributed by atoms with van der Waals surface area (Å²) in [6.07, 6.45) is 6.34. The zero-order valence-corrected chi connectivity index (χ0v) is 12.0. The first-order valence-corrected chi connectivity index (χ1v) is 7.78. The molecule has 108 valence electrons. The molecule has 0 aromatic heterocycles. The average molecular weight is 266 g/mol. The zero-order valence-electron chi connectivity index (χ0n) is 12.0. The molecule has 3 fully saturated rings. The van der Waals surface area contributed by atoms with Gasteiger partial charge in [-0.1, -0.05) is 6.42 Å².